The molecule has 0 saturated heterocycles. The Balaban J connectivity index is 3.93. The Morgan fingerprint density at radius 2 is 1.86 bits per heavy atom. The zero-order chi connectivity index (χ0) is 11.1. The summed E-state index contributed by atoms with van der Waals surface area (Å²) in [5.41, 5.74) is 6.66. The van der Waals surface area contributed by atoms with Crippen molar-refractivity contribution in [2.45, 2.75) is 32.7 Å². The zero-order valence-electron chi connectivity index (χ0n) is 9.16. The molecule has 0 amide bonds. The van der Waals surface area contributed by atoms with Gasteiger partial charge in [0.1, 0.15) is 5.76 Å². The van der Waals surface area contributed by atoms with E-state index in [1.807, 2.05) is 6.92 Å². The second kappa shape index (κ2) is 6.44. The van der Waals surface area contributed by atoms with Gasteiger partial charge in [-0.3, -0.25) is 0 Å². The first-order valence-electron chi connectivity index (χ1n) is 4.93. The molecule has 80 valence electrons. The molecule has 0 bridgehead atoms. The van der Waals surface area contributed by atoms with Crippen LogP contribution in [0.4, 0.5) is 0 Å². The molecule has 0 radical (unpaired) electrons. The van der Waals surface area contributed by atoms with Gasteiger partial charge in [-0.2, -0.15) is 0 Å². The molecule has 2 atom stereocenters. The predicted molar refractivity (Wildman–Crippen MR) is 62.1 cm³/mol. The molecule has 0 aromatic carbocycles. The summed E-state index contributed by atoms with van der Waals surface area (Å²) in [6.45, 7) is 11.4. The number of aliphatic hydroxyl groups excluding tert-OH is 1. The Labute approximate surface area is 86.8 Å². The summed E-state index contributed by atoms with van der Waals surface area (Å²) in [5.74, 6) is 0.460. The fourth-order valence-corrected chi connectivity index (χ4v) is 1.07. The van der Waals surface area contributed by atoms with E-state index in [2.05, 4.69) is 20.1 Å². The van der Waals surface area contributed by atoms with Gasteiger partial charge in [-0.15, -0.1) is 0 Å². The van der Waals surface area contributed by atoms with Crippen molar-refractivity contribution in [2.24, 2.45) is 11.7 Å². The summed E-state index contributed by atoms with van der Waals surface area (Å²) in [6.07, 6.45) is 5.38. The molecule has 3 N–H and O–H groups in total. The maximum atomic E-state index is 8.86. The van der Waals surface area contributed by atoms with E-state index in [1.165, 1.54) is 0 Å². The quantitative estimate of drug-likeness (QED) is 0.505. The van der Waals surface area contributed by atoms with Gasteiger partial charge in [-0.1, -0.05) is 31.7 Å². The molecule has 14 heavy (non-hydrogen) atoms. The fourth-order valence-electron chi connectivity index (χ4n) is 1.07. The summed E-state index contributed by atoms with van der Waals surface area (Å²) >= 11 is 0. The minimum absolute atomic E-state index is 0.0607. The molecule has 0 heterocycles. The maximum Gasteiger partial charge on any atom is 0.108 e. The lowest BCUT2D eigenvalue weighted by atomic mass is 9.95. The largest absolute Gasteiger partial charge is 0.509 e. The number of hydrogen-bond acceptors (Lipinski definition) is 2. The van der Waals surface area contributed by atoms with Crippen LogP contribution < -0.4 is 5.73 Å². The van der Waals surface area contributed by atoms with Gasteiger partial charge < -0.3 is 10.8 Å². The van der Waals surface area contributed by atoms with Crippen molar-refractivity contribution in [3.63, 3.8) is 0 Å². The van der Waals surface area contributed by atoms with Crippen molar-refractivity contribution >= 4 is 0 Å². The van der Waals surface area contributed by atoms with Gasteiger partial charge in [-0.05, 0) is 31.8 Å². The summed E-state index contributed by atoms with van der Waals surface area (Å²) in [7, 11) is 0. The van der Waals surface area contributed by atoms with Crippen LogP contribution in [0.5, 0.6) is 0 Å². The topological polar surface area (TPSA) is 46.2 Å². The molecule has 2 heteroatoms. The number of nitrogens with two attached hydrogens (primary N) is 1. The molecule has 0 spiro atoms. The van der Waals surface area contributed by atoms with E-state index in [4.69, 9.17) is 10.8 Å². The van der Waals surface area contributed by atoms with Crippen LogP contribution in [-0.4, -0.2) is 11.1 Å². The number of aliphatic hydroxyl groups is 1. The van der Waals surface area contributed by atoms with E-state index in [9.17, 15) is 0 Å². The summed E-state index contributed by atoms with van der Waals surface area (Å²) < 4.78 is 0. The van der Waals surface area contributed by atoms with E-state index >= 15 is 0 Å². The highest BCUT2D eigenvalue weighted by atomic mass is 16.3. The Bertz CT molecular complexity index is 228. The van der Waals surface area contributed by atoms with Crippen molar-refractivity contribution in [1.82, 2.24) is 0 Å². The van der Waals surface area contributed by atoms with Crippen LogP contribution in [0.1, 0.15) is 26.7 Å². The van der Waals surface area contributed by atoms with Gasteiger partial charge in [0.15, 0.2) is 0 Å². The first-order valence-corrected chi connectivity index (χ1v) is 4.93. The first kappa shape index (κ1) is 13.0. The van der Waals surface area contributed by atoms with Crippen LogP contribution in [0.15, 0.2) is 36.6 Å². The van der Waals surface area contributed by atoms with Gasteiger partial charge in [0.25, 0.3) is 0 Å². The highest BCUT2D eigenvalue weighted by Gasteiger charge is 2.05. The highest BCUT2D eigenvalue weighted by Crippen LogP contribution is 2.17. The van der Waals surface area contributed by atoms with Crippen LogP contribution in [0.3, 0.4) is 0 Å². The average molecular weight is 195 g/mol. The zero-order valence-corrected chi connectivity index (χ0v) is 9.16. The lowest BCUT2D eigenvalue weighted by Gasteiger charge is -2.12. The lowest BCUT2D eigenvalue weighted by molar-refractivity contribution is 0.435. The van der Waals surface area contributed by atoms with Gasteiger partial charge in [0.2, 0.25) is 0 Å². The molecule has 0 aliphatic rings. The second-order valence-corrected chi connectivity index (χ2v) is 3.86. The molecular weight excluding hydrogens is 174 g/mol. The number of hydrogen-bond donors (Lipinski definition) is 2. The minimum Gasteiger partial charge on any atom is -0.509 e. The molecular formula is C12H21NO. The molecule has 0 aliphatic carbocycles. The maximum absolute atomic E-state index is 8.86. The molecule has 0 saturated carbocycles. The highest BCUT2D eigenvalue weighted by molar-refractivity contribution is 5.22. The van der Waals surface area contributed by atoms with E-state index in [1.54, 1.807) is 12.2 Å². The lowest BCUT2D eigenvalue weighted by Crippen LogP contribution is -2.15. The smallest absolute Gasteiger partial charge is 0.108 e. The van der Waals surface area contributed by atoms with Crippen LogP contribution in [0.25, 0.3) is 0 Å². The standard InChI is InChI=1S/C12H21NO/c1-9(5-7-11(3)13)10(2)6-8-12(4)14/h6,8-9,11,14H,2,4-5,7,13H2,1,3H3/b8-6-. The molecule has 0 rings (SSSR count). The van der Waals surface area contributed by atoms with Crippen molar-refractivity contribution in [1.29, 1.82) is 0 Å². The van der Waals surface area contributed by atoms with Gasteiger partial charge >= 0.3 is 0 Å². The van der Waals surface area contributed by atoms with E-state index < -0.39 is 0 Å². The van der Waals surface area contributed by atoms with Gasteiger partial charge in [0.05, 0.1) is 0 Å². The van der Waals surface area contributed by atoms with Gasteiger partial charge in [-0.25, -0.2) is 0 Å². The van der Waals surface area contributed by atoms with Gasteiger partial charge in [0, 0.05) is 6.04 Å². The Morgan fingerprint density at radius 1 is 1.29 bits per heavy atom. The molecule has 0 fully saturated rings. The normalized spacial score (nSPS) is 15.4. The van der Waals surface area contributed by atoms with Crippen molar-refractivity contribution in [3.8, 4) is 0 Å². The number of allylic oxidation sites excluding steroid dienone is 3. The predicted octanol–water partition coefficient (Wildman–Crippen LogP) is 2.93. The van der Waals surface area contributed by atoms with Crippen molar-refractivity contribution in [2.75, 3.05) is 0 Å². The average Bonchev–Trinajstić information content (AvgIpc) is 2.09. The Kier molecular flexibility index (Phi) is 5.97. The van der Waals surface area contributed by atoms with E-state index in [0.29, 0.717) is 5.92 Å². The van der Waals surface area contributed by atoms with Crippen LogP contribution >= 0.6 is 0 Å². The third-order valence-corrected chi connectivity index (χ3v) is 2.18. The molecule has 2 nitrogen and oxygen atoms in total. The summed E-state index contributed by atoms with van der Waals surface area (Å²) in [6, 6.07) is 0.238. The second-order valence-electron chi connectivity index (χ2n) is 3.86. The summed E-state index contributed by atoms with van der Waals surface area (Å²) in [4.78, 5) is 0. The van der Waals surface area contributed by atoms with Crippen molar-refractivity contribution < 1.29 is 5.11 Å². The molecule has 0 aromatic rings. The van der Waals surface area contributed by atoms with E-state index in [-0.39, 0.29) is 11.8 Å². The first-order chi connectivity index (χ1) is 6.43. The molecule has 0 aliphatic heterocycles. The third kappa shape index (κ3) is 6.49. The fraction of sp³-hybridized carbons (Fsp3) is 0.500. The Morgan fingerprint density at radius 3 is 2.29 bits per heavy atom. The van der Waals surface area contributed by atoms with Crippen molar-refractivity contribution in [3.05, 3.63) is 36.6 Å². The molecule has 0 aromatic heterocycles. The van der Waals surface area contributed by atoms with E-state index in [0.717, 1.165) is 18.4 Å². The van der Waals surface area contributed by atoms with Crippen LogP contribution in [0.2, 0.25) is 0 Å². The number of rotatable bonds is 6. The van der Waals surface area contributed by atoms with Crippen LogP contribution in [-0.2, 0) is 0 Å². The minimum atomic E-state index is 0.0607. The van der Waals surface area contributed by atoms with Crippen LogP contribution in [0, 0.1) is 5.92 Å². The SMILES string of the molecule is C=C(O)/C=C\C(=C)C(C)CCC(C)N. The third-order valence-electron chi connectivity index (χ3n) is 2.18. The Hall–Kier alpha value is -1.02. The molecule has 2 unspecified atom stereocenters. The monoisotopic (exact) mass is 195 g/mol. The summed E-state index contributed by atoms with van der Waals surface area (Å²) in [5, 5.41) is 8.86.